The Morgan fingerprint density at radius 1 is 0.951 bits per heavy atom. The molecule has 0 aromatic rings. The van der Waals surface area contributed by atoms with Crippen molar-refractivity contribution in [2.75, 3.05) is 0 Å². The number of hydrogen-bond acceptors (Lipinski definition) is 7. The highest BCUT2D eigenvalue weighted by Crippen LogP contribution is 2.24. The Balaban J connectivity index is 2.69. The predicted octanol–water partition coefficient (Wildman–Crippen LogP) is 6.29. The first-order chi connectivity index (χ1) is 19.3. The standard InChI is InChI=1S/C34H54O7/c1-23(2)31-15-9-8-14-27(6)32(16-11-17-33(38)40-31)41-34(39)19-18-26(5)20-24(3)12-10-13-25(4)21-29(36)30(37)22-28(7)35/h10,12-13,18-21,23,27-32,35-37H,8-9,11,14-17,22H2,1-7H3/b13-10+,19-18+,24-12+,25-21+,26-20+/t27-,28-,29-,30-,31?,32-/m0/s1. The summed E-state index contributed by atoms with van der Waals surface area (Å²) in [5.74, 6) is -0.0318. The van der Waals surface area contributed by atoms with Crippen LogP contribution in [0.3, 0.4) is 0 Å². The monoisotopic (exact) mass is 574 g/mol. The molecule has 0 aromatic heterocycles. The summed E-state index contributed by atoms with van der Waals surface area (Å²) in [4.78, 5) is 24.9. The molecule has 7 nitrogen and oxygen atoms in total. The van der Waals surface area contributed by atoms with Gasteiger partial charge < -0.3 is 24.8 Å². The maximum atomic E-state index is 12.6. The Morgan fingerprint density at radius 2 is 1.63 bits per heavy atom. The van der Waals surface area contributed by atoms with Crippen LogP contribution >= 0.6 is 0 Å². The van der Waals surface area contributed by atoms with Gasteiger partial charge in [-0.15, -0.1) is 0 Å². The molecule has 0 bridgehead atoms. The number of aliphatic hydroxyl groups is 3. The lowest BCUT2D eigenvalue weighted by Gasteiger charge is -2.26. The molecule has 7 heteroatoms. The molecule has 6 atom stereocenters. The first-order valence-electron chi connectivity index (χ1n) is 15.1. The molecule has 1 fully saturated rings. The third-order valence-corrected chi connectivity index (χ3v) is 7.26. The van der Waals surface area contributed by atoms with Gasteiger partial charge in [-0.05, 0) is 71.6 Å². The zero-order chi connectivity index (χ0) is 30.9. The van der Waals surface area contributed by atoms with E-state index in [1.807, 2.05) is 45.1 Å². The summed E-state index contributed by atoms with van der Waals surface area (Å²) < 4.78 is 11.5. The van der Waals surface area contributed by atoms with Gasteiger partial charge in [0.25, 0.3) is 0 Å². The van der Waals surface area contributed by atoms with Gasteiger partial charge in [-0.25, -0.2) is 4.79 Å². The Labute approximate surface area is 247 Å². The van der Waals surface area contributed by atoms with E-state index in [0.29, 0.717) is 25.2 Å². The van der Waals surface area contributed by atoms with Crippen molar-refractivity contribution in [1.29, 1.82) is 0 Å². The third kappa shape index (κ3) is 16.5. The van der Waals surface area contributed by atoms with Gasteiger partial charge in [0.15, 0.2) is 0 Å². The average molecular weight is 575 g/mol. The van der Waals surface area contributed by atoms with Crippen molar-refractivity contribution in [2.45, 2.75) is 130 Å². The van der Waals surface area contributed by atoms with Crippen molar-refractivity contribution in [3.05, 3.63) is 59.3 Å². The molecule has 232 valence electrons. The van der Waals surface area contributed by atoms with Gasteiger partial charge in [0.2, 0.25) is 0 Å². The summed E-state index contributed by atoms with van der Waals surface area (Å²) in [5, 5.41) is 29.3. The van der Waals surface area contributed by atoms with Crippen LogP contribution in [-0.4, -0.2) is 57.8 Å². The topological polar surface area (TPSA) is 113 Å². The van der Waals surface area contributed by atoms with Crippen LogP contribution < -0.4 is 0 Å². The molecule has 0 aromatic carbocycles. The van der Waals surface area contributed by atoms with Crippen LogP contribution in [0.4, 0.5) is 0 Å². The molecule has 1 aliphatic rings. The minimum absolute atomic E-state index is 0.0244. The van der Waals surface area contributed by atoms with Crippen LogP contribution in [0.25, 0.3) is 0 Å². The first kappa shape index (κ1) is 36.5. The van der Waals surface area contributed by atoms with Crippen molar-refractivity contribution < 1.29 is 34.4 Å². The van der Waals surface area contributed by atoms with E-state index < -0.39 is 18.3 Å². The summed E-state index contributed by atoms with van der Waals surface area (Å²) in [7, 11) is 0. The lowest BCUT2D eigenvalue weighted by atomic mass is 9.92. The van der Waals surface area contributed by atoms with Crippen LogP contribution in [0.1, 0.15) is 99.8 Å². The molecule has 1 rings (SSSR count). The zero-order valence-electron chi connectivity index (χ0n) is 26.2. The van der Waals surface area contributed by atoms with Crippen molar-refractivity contribution in [3.8, 4) is 0 Å². The fourth-order valence-corrected chi connectivity index (χ4v) is 4.78. The Bertz CT molecular complexity index is 954. The van der Waals surface area contributed by atoms with Crippen LogP contribution in [0.2, 0.25) is 0 Å². The van der Waals surface area contributed by atoms with E-state index in [9.17, 15) is 24.9 Å². The Hall–Kier alpha value is -2.48. The largest absolute Gasteiger partial charge is 0.462 e. The Morgan fingerprint density at radius 3 is 2.29 bits per heavy atom. The van der Waals surface area contributed by atoms with Crippen LogP contribution in [-0.2, 0) is 19.1 Å². The highest BCUT2D eigenvalue weighted by atomic mass is 16.5. The van der Waals surface area contributed by atoms with Crippen molar-refractivity contribution in [1.82, 2.24) is 0 Å². The van der Waals surface area contributed by atoms with Crippen molar-refractivity contribution in [2.24, 2.45) is 11.8 Å². The Kier molecular flexibility index (Phi) is 17.5. The second-order valence-corrected chi connectivity index (χ2v) is 11.9. The van der Waals surface area contributed by atoms with E-state index in [-0.39, 0.29) is 36.5 Å². The molecule has 0 aliphatic carbocycles. The van der Waals surface area contributed by atoms with Gasteiger partial charge in [0, 0.05) is 18.9 Å². The summed E-state index contributed by atoms with van der Waals surface area (Å²) in [6, 6.07) is 0. The molecule has 1 saturated heterocycles. The fourth-order valence-electron chi connectivity index (χ4n) is 4.78. The number of cyclic esters (lactones) is 1. The van der Waals surface area contributed by atoms with E-state index in [4.69, 9.17) is 9.47 Å². The zero-order valence-corrected chi connectivity index (χ0v) is 26.2. The van der Waals surface area contributed by atoms with Crippen LogP contribution in [0, 0.1) is 11.8 Å². The van der Waals surface area contributed by atoms with Gasteiger partial charge in [-0.3, -0.25) is 4.79 Å². The second-order valence-electron chi connectivity index (χ2n) is 11.9. The molecule has 1 unspecified atom stereocenters. The summed E-state index contributed by atoms with van der Waals surface area (Å²) in [5.41, 5.74) is 2.65. The summed E-state index contributed by atoms with van der Waals surface area (Å²) in [6.07, 6.45) is 14.8. The third-order valence-electron chi connectivity index (χ3n) is 7.26. The molecule has 3 N–H and O–H groups in total. The molecule has 0 radical (unpaired) electrons. The lowest BCUT2D eigenvalue weighted by Crippen LogP contribution is -2.27. The van der Waals surface area contributed by atoms with Crippen molar-refractivity contribution >= 4 is 11.9 Å². The normalized spacial score (nSPS) is 25.0. The SMILES string of the molecule is CC(=C\C=C\C(C)=C\[C@H](O)[C@@H](O)C[C@H](C)O)/C=C(C)/C=C/C(=O)O[C@H]1CCCC(=O)OC(C(C)C)CCCC[C@@H]1C. The van der Waals surface area contributed by atoms with Gasteiger partial charge in [0.1, 0.15) is 12.2 Å². The maximum absolute atomic E-state index is 12.6. The van der Waals surface area contributed by atoms with Crippen LogP contribution in [0.5, 0.6) is 0 Å². The number of carbonyl (C=O) groups is 2. The molecule has 1 aliphatic heterocycles. The number of aliphatic hydroxyl groups excluding tert-OH is 3. The molecular formula is C34H54O7. The first-order valence-corrected chi connectivity index (χ1v) is 15.1. The molecule has 0 saturated carbocycles. The smallest absolute Gasteiger partial charge is 0.331 e. The second kappa shape index (κ2) is 19.6. The van der Waals surface area contributed by atoms with Crippen molar-refractivity contribution in [3.63, 3.8) is 0 Å². The number of carbonyl (C=O) groups excluding carboxylic acids is 2. The minimum Gasteiger partial charge on any atom is -0.462 e. The highest BCUT2D eigenvalue weighted by Gasteiger charge is 2.24. The van der Waals surface area contributed by atoms with Gasteiger partial charge in [-0.2, -0.15) is 0 Å². The molecule has 41 heavy (non-hydrogen) atoms. The molecule has 1 heterocycles. The quantitative estimate of drug-likeness (QED) is 0.151. The number of ether oxygens (including phenoxy) is 2. The van der Waals surface area contributed by atoms with E-state index >= 15 is 0 Å². The van der Waals surface area contributed by atoms with Crippen LogP contribution in [0.15, 0.2) is 59.3 Å². The fraction of sp³-hybridized carbons (Fsp3) is 0.647. The number of allylic oxidation sites excluding steroid dienone is 8. The number of rotatable bonds is 11. The van der Waals surface area contributed by atoms with E-state index in [1.165, 1.54) is 6.08 Å². The molecule has 0 spiro atoms. The maximum Gasteiger partial charge on any atom is 0.331 e. The average Bonchev–Trinajstić information content (AvgIpc) is 2.87. The highest BCUT2D eigenvalue weighted by molar-refractivity contribution is 5.82. The lowest BCUT2D eigenvalue weighted by molar-refractivity contribution is -0.152. The van der Waals surface area contributed by atoms with Gasteiger partial charge in [-0.1, -0.05) is 80.4 Å². The van der Waals surface area contributed by atoms with E-state index in [2.05, 4.69) is 20.8 Å². The summed E-state index contributed by atoms with van der Waals surface area (Å²) >= 11 is 0. The number of esters is 2. The van der Waals surface area contributed by atoms with Gasteiger partial charge >= 0.3 is 11.9 Å². The molecule has 0 amide bonds. The predicted molar refractivity (Wildman–Crippen MR) is 164 cm³/mol. The number of hydrogen-bond donors (Lipinski definition) is 3. The van der Waals surface area contributed by atoms with Gasteiger partial charge in [0.05, 0.1) is 18.3 Å². The summed E-state index contributed by atoms with van der Waals surface area (Å²) in [6.45, 7) is 13.5. The van der Waals surface area contributed by atoms with E-state index in [1.54, 1.807) is 19.1 Å². The molecular weight excluding hydrogens is 520 g/mol. The van der Waals surface area contributed by atoms with E-state index in [0.717, 1.165) is 42.4 Å². The minimum atomic E-state index is -1.05.